The van der Waals surface area contributed by atoms with Crippen LogP contribution in [0.4, 0.5) is 5.95 Å². The largest absolute Gasteiger partial charge is 0.481 e. The van der Waals surface area contributed by atoms with Crippen LogP contribution in [0.2, 0.25) is 0 Å². The van der Waals surface area contributed by atoms with Crippen LogP contribution in [0.5, 0.6) is 5.88 Å². The van der Waals surface area contributed by atoms with Crippen LogP contribution >= 0.6 is 0 Å². The molecule has 2 aliphatic heterocycles. The summed E-state index contributed by atoms with van der Waals surface area (Å²) in [5, 5.41) is 11.7. The van der Waals surface area contributed by atoms with E-state index in [1.165, 1.54) is 0 Å². The van der Waals surface area contributed by atoms with E-state index in [2.05, 4.69) is 19.8 Å². The molecule has 0 amide bonds. The highest BCUT2D eigenvalue weighted by molar-refractivity contribution is 5.37. The van der Waals surface area contributed by atoms with Crippen molar-refractivity contribution < 1.29 is 14.6 Å². The normalized spacial score (nSPS) is 26.7. The van der Waals surface area contributed by atoms with Crippen molar-refractivity contribution >= 4 is 5.95 Å². The van der Waals surface area contributed by atoms with Gasteiger partial charge in [-0.2, -0.15) is 4.98 Å². The van der Waals surface area contributed by atoms with Crippen molar-refractivity contribution in [3.8, 4) is 5.88 Å². The summed E-state index contributed by atoms with van der Waals surface area (Å²) in [6.45, 7) is 4.34. The molecule has 1 aromatic carbocycles. The Labute approximate surface area is 159 Å². The molecule has 2 aliphatic rings. The van der Waals surface area contributed by atoms with Gasteiger partial charge in [0.05, 0.1) is 26.4 Å². The lowest BCUT2D eigenvalue weighted by molar-refractivity contribution is -0.0912. The molecule has 2 fully saturated rings. The molecular formula is C20H26N4O3. The highest BCUT2D eigenvalue weighted by Crippen LogP contribution is 2.37. The van der Waals surface area contributed by atoms with Crippen LogP contribution in [-0.4, -0.2) is 72.5 Å². The van der Waals surface area contributed by atoms with Crippen LogP contribution in [0, 0.1) is 0 Å². The van der Waals surface area contributed by atoms with E-state index < -0.39 is 5.60 Å². The fraction of sp³-hybridized carbons (Fsp3) is 0.500. The predicted molar refractivity (Wildman–Crippen MR) is 102 cm³/mol. The second kappa shape index (κ2) is 7.80. The van der Waals surface area contributed by atoms with Crippen molar-refractivity contribution in [2.45, 2.75) is 18.1 Å². The molecule has 4 rings (SSSR count). The van der Waals surface area contributed by atoms with Gasteiger partial charge in [-0.3, -0.25) is 4.90 Å². The second-order valence-corrected chi connectivity index (χ2v) is 7.05. The van der Waals surface area contributed by atoms with Crippen LogP contribution in [0.25, 0.3) is 0 Å². The van der Waals surface area contributed by atoms with Crippen LogP contribution in [-0.2, 0) is 10.3 Å². The van der Waals surface area contributed by atoms with Gasteiger partial charge in [0.2, 0.25) is 11.8 Å². The maximum absolute atomic E-state index is 11.7. The average Bonchev–Trinajstić information content (AvgIpc) is 2.75. The minimum atomic E-state index is -0.909. The van der Waals surface area contributed by atoms with Gasteiger partial charge in [0.1, 0.15) is 5.60 Å². The van der Waals surface area contributed by atoms with E-state index in [0.29, 0.717) is 44.6 Å². The minimum absolute atomic E-state index is 0.0626. The standard InChI is InChI=1S/C20H26N4O3/c1-26-18-7-9-21-19(22-18)24-10-8-20(25,16-5-3-2-4-6-16)17(15-24)23-11-13-27-14-12-23/h2-7,9,17,25H,8,10-15H2,1H3/t17-,20+/m1/s1. The molecular weight excluding hydrogens is 344 g/mol. The monoisotopic (exact) mass is 370 g/mol. The zero-order valence-corrected chi connectivity index (χ0v) is 15.6. The first kappa shape index (κ1) is 18.2. The quantitative estimate of drug-likeness (QED) is 0.869. The van der Waals surface area contributed by atoms with Gasteiger partial charge in [0, 0.05) is 38.4 Å². The molecule has 0 unspecified atom stereocenters. The minimum Gasteiger partial charge on any atom is -0.481 e. The Morgan fingerprint density at radius 2 is 1.93 bits per heavy atom. The van der Waals surface area contributed by atoms with E-state index in [1.54, 1.807) is 19.4 Å². The van der Waals surface area contributed by atoms with Gasteiger partial charge >= 0.3 is 0 Å². The number of morpholine rings is 1. The first-order valence-corrected chi connectivity index (χ1v) is 9.42. The smallest absolute Gasteiger partial charge is 0.228 e. The molecule has 0 radical (unpaired) electrons. The van der Waals surface area contributed by atoms with Crippen LogP contribution in [0.15, 0.2) is 42.6 Å². The molecule has 27 heavy (non-hydrogen) atoms. The number of benzene rings is 1. The summed E-state index contributed by atoms with van der Waals surface area (Å²) in [7, 11) is 1.60. The highest BCUT2D eigenvalue weighted by Gasteiger charge is 2.46. The van der Waals surface area contributed by atoms with Crippen molar-refractivity contribution in [2.75, 3.05) is 51.4 Å². The molecule has 0 saturated carbocycles. The fourth-order valence-corrected chi connectivity index (χ4v) is 4.07. The van der Waals surface area contributed by atoms with E-state index in [1.807, 2.05) is 30.3 Å². The summed E-state index contributed by atoms with van der Waals surface area (Å²) < 4.78 is 10.8. The molecule has 1 aromatic heterocycles. The van der Waals surface area contributed by atoms with Crippen molar-refractivity contribution in [1.82, 2.24) is 14.9 Å². The van der Waals surface area contributed by atoms with Gasteiger partial charge in [-0.25, -0.2) is 4.98 Å². The molecule has 7 heteroatoms. The zero-order chi connectivity index (χ0) is 18.7. The van der Waals surface area contributed by atoms with Crippen molar-refractivity contribution in [2.24, 2.45) is 0 Å². The summed E-state index contributed by atoms with van der Waals surface area (Å²) in [6, 6.07) is 11.7. The lowest BCUT2D eigenvalue weighted by Gasteiger charge is -2.50. The number of hydrogen-bond acceptors (Lipinski definition) is 7. The molecule has 2 saturated heterocycles. The third kappa shape index (κ3) is 3.63. The third-order valence-corrected chi connectivity index (χ3v) is 5.58. The summed E-state index contributed by atoms with van der Waals surface area (Å²) in [5.41, 5.74) is 0.0567. The molecule has 7 nitrogen and oxygen atoms in total. The van der Waals surface area contributed by atoms with E-state index in [0.717, 1.165) is 18.7 Å². The fourth-order valence-electron chi connectivity index (χ4n) is 4.07. The summed E-state index contributed by atoms with van der Waals surface area (Å²) >= 11 is 0. The van der Waals surface area contributed by atoms with Crippen LogP contribution < -0.4 is 9.64 Å². The number of aromatic nitrogens is 2. The molecule has 0 bridgehead atoms. The summed E-state index contributed by atoms with van der Waals surface area (Å²) in [6.07, 6.45) is 2.32. The van der Waals surface area contributed by atoms with E-state index in [-0.39, 0.29) is 6.04 Å². The Bertz CT molecular complexity index is 754. The molecule has 2 atom stereocenters. The number of aliphatic hydroxyl groups is 1. The second-order valence-electron chi connectivity index (χ2n) is 7.05. The lowest BCUT2D eigenvalue weighted by atomic mass is 9.79. The van der Waals surface area contributed by atoms with Crippen molar-refractivity contribution in [3.05, 3.63) is 48.2 Å². The number of ether oxygens (including phenoxy) is 2. The van der Waals surface area contributed by atoms with Crippen molar-refractivity contribution in [1.29, 1.82) is 0 Å². The van der Waals surface area contributed by atoms with Crippen LogP contribution in [0.3, 0.4) is 0 Å². The molecule has 1 N–H and O–H groups in total. The number of hydrogen-bond donors (Lipinski definition) is 1. The summed E-state index contributed by atoms with van der Waals surface area (Å²) in [4.78, 5) is 13.4. The molecule has 0 aliphatic carbocycles. The number of piperidine rings is 1. The first-order valence-electron chi connectivity index (χ1n) is 9.42. The first-order chi connectivity index (χ1) is 13.2. The molecule has 0 spiro atoms. The number of anilines is 1. The van der Waals surface area contributed by atoms with Gasteiger partial charge in [0.25, 0.3) is 0 Å². The van der Waals surface area contributed by atoms with E-state index in [4.69, 9.17) is 9.47 Å². The number of methoxy groups -OCH3 is 1. The molecule has 144 valence electrons. The maximum atomic E-state index is 11.7. The Morgan fingerprint density at radius 1 is 1.15 bits per heavy atom. The SMILES string of the molecule is COc1ccnc(N2CC[C@](O)(c3ccccc3)[C@H](N3CCOCC3)C2)n1. The van der Waals surface area contributed by atoms with E-state index >= 15 is 0 Å². The van der Waals surface area contributed by atoms with Gasteiger partial charge in [0.15, 0.2) is 0 Å². The third-order valence-electron chi connectivity index (χ3n) is 5.58. The maximum Gasteiger partial charge on any atom is 0.228 e. The van der Waals surface area contributed by atoms with Crippen molar-refractivity contribution in [3.63, 3.8) is 0 Å². The Kier molecular flexibility index (Phi) is 5.24. The van der Waals surface area contributed by atoms with Crippen LogP contribution in [0.1, 0.15) is 12.0 Å². The highest BCUT2D eigenvalue weighted by atomic mass is 16.5. The number of rotatable bonds is 4. The van der Waals surface area contributed by atoms with Gasteiger partial charge in [-0.1, -0.05) is 30.3 Å². The van der Waals surface area contributed by atoms with Gasteiger partial charge < -0.3 is 19.5 Å². The Morgan fingerprint density at radius 3 is 2.67 bits per heavy atom. The van der Waals surface area contributed by atoms with E-state index in [9.17, 15) is 5.11 Å². The Hall–Kier alpha value is -2.22. The molecule has 3 heterocycles. The average molecular weight is 370 g/mol. The van der Waals surface area contributed by atoms with Gasteiger partial charge in [-0.05, 0) is 12.0 Å². The molecule has 2 aromatic rings. The Balaban J connectivity index is 1.64. The van der Waals surface area contributed by atoms with Gasteiger partial charge in [-0.15, -0.1) is 0 Å². The summed E-state index contributed by atoms with van der Waals surface area (Å²) in [5.74, 6) is 1.19. The number of nitrogens with zero attached hydrogens (tertiary/aromatic N) is 4. The predicted octanol–water partition coefficient (Wildman–Crippen LogP) is 1.28. The lowest BCUT2D eigenvalue weighted by Crippen LogP contribution is -2.62. The topological polar surface area (TPSA) is 71.0 Å². The zero-order valence-electron chi connectivity index (χ0n) is 15.6.